The van der Waals surface area contributed by atoms with E-state index >= 15 is 0 Å². The first-order valence-electron chi connectivity index (χ1n) is 7.18. The minimum absolute atomic E-state index is 0.0769. The summed E-state index contributed by atoms with van der Waals surface area (Å²) in [6, 6.07) is 7.93. The number of anilines is 1. The van der Waals surface area contributed by atoms with Crippen molar-refractivity contribution in [3.05, 3.63) is 29.4 Å². The van der Waals surface area contributed by atoms with Crippen molar-refractivity contribution in [3.63, 3.8) is 0 Å². The van der Waals surface area contributed by atoms with Gasteiger partial charge in [-0.1, -0.05) is 35.9 Å². The highest BCUT2D eigenvalue weighted by Crippen LogP contribution is 2.29. The normalized spacial score (nSPS) is 16.6. The molecule has 0 spiro atoms. The maximum absolute atomic E-state index is 8.81. The van der Waals surface area contributed by atoms with Crippen LogP contribution in [0.4, 0.5) is 5.82 Å². The minimum Gasteiger partial charge on any atom is -0.394 e. The Hall–Kier alpha value is -1.43. The molecule has 0 unspecified atom stereocenters. The summed E-state index contributed by atoms with van der Waals surface area (Å²) in [5.41, 5.74) is 0. The molecule has 6 heteroatoms. The molecule has 0 bridgehead atoms. The Morgan fingerprint density at radius 3 is 2.62 bits per heavy atom. The van der Waals surface area contributed by atoms with Gasteiger partial charge in [-0.05, 0) is 12.8 Å². The Bertz CT molecular complexity index is 615. The number of hydrogen-bond acceptors (Lipinski definition) is 5. The Kier molecular flexibility index (Phi) is 4.53. The predicted octanol–water partition coefficient (Wildman–Crippen LogP) is 2.26. The third-order valence-corrected chi connectivity index (χ3v) is 4.09. The van der Waals surface area contributed by atoms with Crippen molar-refractivity contribution in [3.8, 4) is 0 Å². The smallest absolute Gasteiger partial charge is 0.159 e. The molecule has 0 amide bonds. The van der Waals surface area contributed by atoms with Gasteiger partial charge >= 0.3 is 0 Å². The Balaban J connectivity index is 1.78. The summed E-state index contributed by atoms with van der Waals surface area (Å²) >= 11 is 6.11. The average molecular weight is 308 g/mol. The van der Waals surface area contributed by atoms with Crippen LogP contribution in [0, 0.1) is 0 Å². The van der Waals surface area contributed by atoms with E-state index in [1.807, 2.05) is 24.3 Å². The lowest BCUT2D eigenvalue weighted by Crippen LogP contribution is -2.38. The van der Waals surface area contributed by atoms with Gasteiger partial charge in [-0.25, -0.2) is 0 Å². The molecule has 21 heavy (non-hydrogen) atoms. The first kappa shape index (κ1) is 14.5. The minimum atomic E-state index is 0.0769. The van der Waals surface area contributed by atoms with Gasteiger partial charge in [0.15, 0.2) is 11.0 Å². The second-order valence-electron chi connectivity index (χ2n) is 5.14. The van der Waals surface area contributed by atoms with Crippen LogP contribution in [-0.2, 0) is 4.74 Å². The largest absolute Gasteiger partial charge is 0.394 e. The number of rotatable bonds is 4. The van der Waals surface area contributed by atoms with Crippen molar-refractivity contribution in [2.24, 2.45) is 0 Å². The fourth-order valence-corrected chi connectivity index (χ4v) is 2.95. The topological polar surface area (TPSA) is 58.5 Å². The number of fused-ring (bicyclic) bond motifs is 1. The van der Waals surface area contributed by atoms with E-state index in [1.54, 1.807) is 0 Å². The van der Waals surface area contributed by atoms with Crippen LogP contribution in [0.2, 0.25) is 5.15 Å². The summed E-state index contributed by atoms with van der Waals surface area (Å²) < 4.78 is 5.59. The third-order valence-electron chi connectivity index (χ3n) is 3.81. The van der Waals surface area contributed by atoms with Crippen LogP contribution < -0.4 is 4.90 Å². The Morgan fingerprint density at radius 2 is 1.90 bits per heavy atom. The van der Waals surface area contributed by atoms with Gasteiger partial charge in [0, 0.05) is 23.9 Å². The van der Waals surface area contributed by atoms with Gasteiger partial charge in [-0.15, -0.1) is 10.2 Å². The summed E-state index contributed by atoms with van der Waals surface area (Å²) in [6.45, 7) is 2.23. The van der Waals surface area contributed by atoms with E-state index in [2.05, 4.69) is 15.1 Å². The van der Waals surface area contributed by atoms with Gasteiger partial charge in [0.25, 0.3) is 0 Å². The van der Waals surface area contributed by atoms with E-state index in [4.69, 9.17) is 21.4 Å². The number of nitrogens with zero attached hydrogens (tertiary/aromatic N) is 3. The highest BCUT2D eigenvalue weighted by molar-refractivity contribution is 6.34. The molecule has 1 saturated heterocycles. The highest BCUT2D eigenvalue weighted by atomic mass is 35.5. The molecule has 0 aliphatic carbocycles. The van der Waals surface area contributed by atoms with Crippen LogP contribution in [0.1, 0.15) is 12.8 Å². The predicted molar refractivity (Wildman–Crippen MR) is 82.8 cm³/mol. The van der Waals surface area contributed by atoms with Crippen molar-refractivity contribution in [1.82, 2.24) is 10.2 Å². The van der Waals surface area contributed by atoms with E-state index in [9.17, 15) is 0 Å². The molecule has 0 saturated carbocycles. The standard InChI is InChI=1S/C15H18ClN3O2/c16-14-12-3-1-2-4-13(12)15(18-17-14)19-7-5-11(6-8-19)21-10-9-20/h1-4,11,20H,5-10H2. The molecular weight excluding hydrogens is 290 g/mol. The van der Waals surface area contributed by atoms with Gasteiger partial charge in [0.2, 0.25) is 0 Å². The number of halogens is 1. The van der Waals surface area contributed by atoms with Crippen LogP contribution in [0.5, 0.6) is 0 Å². The van der Waals surface area contributed by atoms with Crippen molar-refractivity contribution in [2.45, 2.75) is 18.9 Å². The summed E-state index contributed by atoms with van der Waals surface area (Å²) in [4.78, 5) is 2.23. The molecule has 2 aromatic rings. The van der Waals surface area contributed by atoms with Crippen LogP contribution in [0.25, 0.3) is 10.8 Å². The molecular formula is C15H18ClN3O2. The molecule has 5 nitrogen and oxygen atoms in total. The SMILES string of the molecule is OCCOC1CCN(c2nnc(Cl)c3ccccc23)CC1. The van der Waals surface area contributed by atoms with Crippen molar-refractivity contribution < 1.29 is 9.84 Å². The monoisotopic (exact) mass is 307 g/mol. The highest BCUT2D eigenvalue weighted by Gasteiger charge is 2.22. The van der Waals surface area contributed by atoms with Crippen molar-refractivity contribution in [1.29, 1.82) is 0 Å². The van der Waals surface area contributed by atoms with Crippen molar-refractivity contribution in [2.75, 3.05) is 31.2 Å². The quantitative estimate of drug-likeness (QED) is 0.939. The first-order chi connectivity index (χ1) is 10.3. The molecule has 1 fully saturated rings. The molecule has 0 atom stereocenters. The van der Waals surface area contributed by atoms with Crippen molar-refractivity contribution >= 4 is 28.2 Å². The average Bonchev–Trinajstić information content (AvgIpc) is 2.54. The lowest BCUT2D eigenvalue weighted by molar-refractivity contribution is 0.0158. The van der Waals surface area contributed by atoms with E-state index in [-0.39, 0.29) is 12.7 Å². The lowest BCUT2D eigenvalue weighted by Gasteiger charge is -2.32. The number of aromatic nitrogens is 2. The molecule has 3 rings (SSSR count). The Labute approximate surface area is 128 Å². The number of piperidine rings is 1. The van der Waals surface area contributed by atoms with Gasteiger partial charge in [0.05, 0.1) is 19.3 Å². The molecule has 0 radical (unpaired) electrons. The summed E-state index contributed by atoms with van der Waals surface area (Å²) in [7, 11) is 0. The molecule has 1 aliphatic heterocycles. The molecule has 2 heterocycles. The maximum atomic E-state index is 8.81. The van der Waals surface area contributed by atoms with E-state index in [0.29, 0.717) is 11.8 Å². The molecule has 1 N–H and O–H groups in total. The van der Waals surface area contributed by atoms with Crippen LogP contribution >= 0.6 is 11.6 Å². The summed E-state index contributed by atoms with van der Waals surface area (Å²) in [5, 5.41) is 19.6. The molecule has 1 aliphatic rings. The number of hydrogen-bond donors (Lipinski definition) is 1. The van der Waals surface area contributed by atoms with E-state index < -0.39 is 0 Å². The van der Waals surface area contributed by atoms with Crippen LogP contribution in [0.3, 0.4) is 0 Å². The zero-order valence-corrected chi connectivity index (χ0v) is 12.5. The number of benzene rings is 1. The van der Waals surface area contributed by atoms with E-state index in [0.717, 1.165) is 42.5 Å². The molecule has 112 valence electrons. The fourth-order valence-electron chi connectivity index (χ4n) is 2.74. The van der Waals surface area contributed by atoms with E-state index in [1.165, 1.54) is 0 Å². The Morgan fingerprint density at radius 1 is 1.19 bits per heavy atom. The summed E-state index contributed by atoms with van der Waals surface area (Å²) in [6.07, 6.45) is 2.08. The van der Waals surface area contributed by atoms with Gasteiger partial charge < -0.3 is 14.7 Å². The van der Waals surface area contributed by atoms with Gasteiger partial charge in [-0.2, -0.15) is 0 Å². The molecule has 1 aromatic carbocycles. The third kappa shape index (κ3) is 3.10. The summed E-state index contributed by atoms with van der Waals surface area (Å²) in [5.74, 6) is 0.885. The van der Waals surface area contributed by atoms with Crippen LogP contribution in [0.15, 0.2) is 24.3 Å². The fraction of sp³-hybridized carbons (Fsp3) is 0.467. The zero-order valence-electron chi connectivity index (χ0n) is 11.7. The lowest BCUT2D eigenvalue weighted by atomic mass is 10.1. The molecule has 1 aromatic heterocycles. The first-order valence-corrected chi connectivity index (χ1v) is 7.55. The maximum Gasteiger partial charge on any atom is 0.159 e. The van der Waals surface area contributed by atoms with Gasteiger partial charge in [0.1, 0.15) is 0 Å². The second-order valence-corrected chi connectivity index (χ2v) is 5.50. The zero-order chi connectivity index (χ0) is 14.7. The number of aliphatic hydroxyl groups excluding tert-OH is 1. The second kappa shape index (κ2) is 6.56. The van der Waals surface area contributed by atoms with Crippen LogP contribution in [-0.4, -0.2) is 47.7 Å². The van der Waals surface area contributed by atoms with Gasteiger partial charge in [-0.3, -0.25) is 0 Å². The number of aliphatic hydroxyl groups is 1. The number of ether oxygens (including phenoxy) is 1.